The van der Waals surface area contributed by atoms with Gasteiger partial charge in [0.2, 0.25) is 0 Å². The van der Waals surface area contributed by atoms with Gasteiger partial charge in [0, 0.05) is 5.02 Å². The third-order valence-electron chi connectivity index (χ3n) is 4.54. The molecule has 6 heteroatoms. The number of carbonyl (C=O) groups excluding carboxylic acids is 1. The maximum Gasteiger partial charge on any atom is 0.255 e. The highest BCUT2D eigenvalue weighted by Crippen LogP contribution is 2.46. The second-order valence-electron chi connectivity index (χ2n) is 6.37. The molecule has 0 unspecified atom stereocenters. The van der Waals surface area contributed by atoms with Crippen molar-refractivity contribution in [2.45, 2.75) is 24.8 Å². The monoisotopic (exact) mass is 374 g/mol. The molecule has 0 bridgehead atoms. The van der Waals surface area contributed by atoms with Gasteiger partial charge in [-0.1, -0.05) is 29.8 Å². The van der Waals surface area contributed by atoms with E-state index >= 15 is 0 Å². The Morgan fingerprint density at radius 1 is 1.23 bits per heavy atom. The van der Waals surface area contributed by atoms with Crippen LogP contribution in [0.15, 0.2) is 42.5 Å². The maximum atomic E-state index is 13.0. The van der Waals surface area contributed by atoms with Crippen molar-refractivity contribution in [1.82, 2.24) is 5.32 Å². The second kappa shape index (κ2) is 7.98. The fourth-order valence-corrected chi connectivity index (χ4v) is 3.05. The summed E-state index contributed by atoms with van der Waals surface area (Å²) in [6, 6.07) is 12.9. The van der Waals surface area contributed by atoms with E-state index in [4.69, 9.17) is 26.8 Å². The molecular weight excluding hydrogens is 352 g/mol. The van der Waals surface area contributed by atoms with Gasteiger partial charge < -0.3 is 20.5 Å². The van der Waals surface area contributed by atoms with Crippen molar-refractivity contribution in [2.24, 2.45) is 5.73 Å². The highest BCUT2D eigenvalue weighted by atomic mass is 35.5. The summed E-state index contributed by atoms with van der Waals surface area (Å²) in [5.41, 5.74) is 6.71. The van der Waals surface area contributed by atoms with Crippen LogP contribution < -0.4 is 20.5 Å². The van der Waals surface area contributed by atoms with Gasteiger partial charge in [0.15, 0.2) is 11.5 Å². The molecule has 0 aromatic heterocycles. The number of hydrogen-bond acceptors (Lipinski definition) is 4. The molecule has 1 aliphatic rings. The van der Waals surface area contributed by atoms with E-state index in [2.05, 4.69) is 5.32 Å². The minimum atomic E-state index is -0.334. The molecule has 0 aliphatic heterocycles. The van der Waals surface area contributed by atoms with Crippen LogP contribution >= 0.6 is 11.6 Å². The predicted molar refractivity (Wildman–Crippen MR) is 102 cm³/mol. The van der Waals surface area contributed by atoms with Crippen LogP contribution in [0.3, 0.4) is 0 Å². The molecule has 5 nitrogen and oxygen atoms in total. The van der Waals surface area contributed by atoms with Crippen molar-refractivity contribution in [1.29, 1.82) is 0 Å². The lowest BCUT2D eigenvalue weighted by Crippen LogP contribution is -2.35. The topological polar surface area (TPSA) is 73.6 Å². The molecule has 138 valence electrons. The number of nitrogens with two attached hydrogens (primary N) is 1. The van der Waals surface area contributed by atoms with Crippen LogP contribution in [0, 0.1) is 0 Å². The van der Waals surface area contributed by atoms with Crippen molar-refractivity contribution in [2.75, 3.05) is 20.3 Å². The number of para-hydroxylation sites is 1. The Bertz CT molecular complexity index is 773. The van der Waals surface area contributed by atoms with Crippen LogP contribution in [-0.2, 0) is 5.54 Å². The quantitative estimate of drug-likeness (QED) is 0.693. The molecule has 1 fully saturated rings. The number of benzene rings is 2. The number of carbonyl (C=O) groups is 1. The van der Waals surface area contributed by atoms with E-state index in [0.717, 1.165) is 18.4 Å². The smallest absolute Gasteiger partial charge is 0.255 e. The van der Waals surface area contributed by atoms with Gasteiger partial charge in [0.25, 0.3) is 5.91 Å². The molecule has 26 heavy (non-hydrogen) atoms. The second-order valence-corrected chi connectivity index (χ2v) is 6.81. The zero-order chi connectivity index (χ0) is 18.6. The number of ether oxygens (including phenoxy) is 2. The fourth-order valence-electron chi connectivity index (χ4n) is 2.93. The molecule has 0 atom stereocenters. The highest BCUT2D eigenvalue weighted by Gasteiger charge is 2.46. The Kier molecular flexibility index (Phi) is 5.69. The molecule has 0 spiro atoms. The van der Waals surface area contributed by atoms with Gasteiger partial charge in [0.1, 0.15) is 0 Å². The van der Waals surface area contributed by atoms with Crippen molar-refractivity contribution in [3.05, 3.63) is 58.6 Å². The minimum absolute atomic E-state index is 0.181. The zero-order valence-corrected chi connectivity index (χ0v) is 15.5. The lowest BCUT2D eigenvalue weighted by molar-refractivity contribution is 0.0926. The standard InChI is InChI=1S/C20H23ClN2O3/c1-25-17-5-2-4-16(18(17)26-13-3-12-22)19(24)23-20(10-11-20)14-6-8-15(21)9-7-14/h2,4-9H,3,10-13,22H2,1H3,(H,23,24). The first-order valence-corrected chi connectivity index (χ1v) is 9.06. The Balaban J connectivity index is 1.82. The SMILES string of the molecule is COc1cccc(C(=O)NC2(c3ccc(Cl)cc3)CC2)c1OCCCN. The van der Waals surface area contributed by atoms with E-state index in [1.54, 1.807) is 25.3 Å². The Hall–Kier alpha value is -2.24. The van der Waals surface area contributed by atoms with Crippen molar-refractivity contribution >= 4 is 17.5 Å². The van der Waals surface area contributed by atoms with E-state index in [1.165, 1.54) is 0 Å². The number of amides is 1. The first-order chi connectivity index (χ1) is 12.6. The third kappa shape index (κ3) is 3.94. The molecular formula is C20H23ClN2O3. The lowest BCUT2D eigenvalue weighted by Gasteiger charge is -2.20. The van der Waals surface area contributed by atoms with E-state index in [1.807, 2.05) is 24.3 Å². The van der Waals surface area contributed by atoms with Gasteiger partial charge in [-0.15, -0.1) is 0 Å². The summed E-state index contributed by atoms with van der Waals surface area (Å²) in [5, 5.41) is 3.84. The molecule has 1 saturated carbocycles. The van der Waals surface area contributed by atoms with E-state index in [0.29, 0.717) is 41.7 Å². The van der Waals surface area contributed by atoms with E-state index in [-0.39, 0.29) is 11.4 Å². The van der Waals surface area contributed by atoms with Gasteiger partial charge in [-0.2, -0.15) is 0 Å². The third-order valence-corrected chi connectivity index (χ3v) is 4.79. The molecule has 1 aliphatic carbocycles. The van der Waals surface area contributed by atoms with Gasteiger partial charge in [-0.3, -0.25) is 4.79 Å². The molecule has 2 aromatic carbocycles. The van der Waals surface area contributed by atoms with Gasteiger partial charge >= 0.3 is 0 Å². The van der Waals surface area contributed by atoms with Crippen LogP contribution in [0.4, 0.5) is 0 Å². The summed E-state index contributed by atoms with van der Waals surface area (Å²) in [6.07, 6.45) is 2.50. The Morgan fingerprint density at radius 2 is 1.96 bits per heavy atom. The van der Waals surface area contributed by atoms with Crippen LogP contribution in [0.2, 0.25) is 5.02 Å². The largest absolute Gasteiger partial charge is 0.493 e. The Labute approximate surface area is 158 Å². The lowest BCUT2D eigenvalue weighted by atomic mass is 10.0. The molecule has 0 saturated heterocycles. The summed E-state index contributed by atoms with van der Waals surface area (Å²) >= 11 is 5.97. The molecule has 1 amide bonds. The molecule has 3 N–H and O–H groups in total. The molecule has 0 heterocycles. The summed E-state index contributed by atoms with van der Waals surface area (Å²) in [6.45, 7) is 0.954. The number of methoxy groups -OCH3 is 1. The van der Waals surface area contributed by atoms with Gasteiger partial charge in [-0.25, -0.2) is 0 Å². The summed E-state index contributed by atoms with van der Waals surface area (Å²) in [7, 11) is 1.56. The van der Waals surface area contributed by atoms with E-state index in [9.17, 15) is 4.79 Å². The summed E-state index contributed by atoms with van der Waals surface area (Å²) < 4.78 is 11.2. The summed E-state index contributed by atoms with van der Waals surface area (Å²) in [4.78, 5) is 13.0. The van der Waals surface area contributed by atoms with Crippen LogP contribution in [-0.4, -0.2) is 26.2 Å². The minimum Gasteiger partial charge on any atom is -0.493 e. The number of rotatable bonds is 8. The normalized spacial score (nSPS) is 14.6. The van der Waals surface area contributed by atoms with Crippen molar-refractivity contribution < 1.29 is 14.3 Å². The zero-order valence-electron chi connectivity index (χ0n) is 14.8. The molecule has 3 rings (SSSR count). The average Bonchev–Trinajstić information content (AvgIpc) is 3.43. The van der Waals surface area contributed by atoms with Crippen LogP contribution in [0.1, 0.15) is 35.2 Å². The summed E-state index contributed by atoms with van der Waals surface area (Å²) in [5.74, 6) is 0.804. The first-order valence-electron chi connectivity index (χ1n) is 8.68. The van der Waals surface area contributed by atoms with Crippen LogP contribution in [0.5, 0.6) is 11.5 Å². The Morgan fingerprint density at radius 3 is 2.58 bits per heavy atom. The highest BCUT2D eigenvalue weighted by molar-refractivity contribution is 6.30. The van der Waals surface area contributed by atoms with Gasteiger partial charge in [0.05, 0.1) is 24.8 Å². The van der Waals surface area contributed by atoms with Crippen LogP contribution in [0.25, 0.3) is 0 Å². The molecule has 2 aromatic rings. The predicted octanol–water partition coefficient (Wildman–Crippen LogP) is 3.50. The maximum absolute atomic E-state index is 13.0. The van der Waals surface area contributed by atoms with Crippen molar-refractivity contribution in [3.63, 3.8) is 0 Å². The van der Waals surface area contributed by atoms with E-state index < -0.39 is 0 Å². The number of nitrogens with one attached hydrogen (secondary N) is 1. The van der Waals surface area contributed by atoms with Gasteiger partial charge in [-0.05, 0) is 55.6 Å². The number of halogens is 1. The fraction of sp³-hybridized carbons (Fsp3) is 0.350. The number of hydrogen-bond donors (Lipinski definition) is 2. The average molecular weight is 375 g/mol. The molecule has 0 radical (unpaired) electrons. The van der Waals surface area contributed by atoms with Crippen molar-refractivity contribution in [3.8, 4) is 11.5 Å². The first kappa shape index (κ1) is 18.5.